The molecule has 0 unspecified atom stereocenters. The quantitative estimate of drug-likeness (QED) is 0.611. The van der Waals surface area contributed by atoms with Crippen molar-refractivity contribution in [1.29, 1.82) is 0 Å². The number of nitrogens with two attached hydrogens (primary N) is 1. The van der Waals surface area contributed by atoms with Crippen LogP contribution < -0.4 is 5.73 Å². The number of allylic oxidation sites excluding steroid dienone is 6. The highest BCUT2D eigenvalue weighted by molar-refractivity contribution is 5.29. The summed E-state index contributed by atoms with van der Waals surface area (Å²) in [7, 11) is 0. The van der Waals surface area contributed by atoms with Gasteiger partial charge in [0.15, 0.2) is 0 Å². The minimum absolute atomic E-state index is 0.795. The van der Waals surface area contributed by atoms with Crippen LogP contribution in [-0.2, 0) is 0 Å². The first-order valence-corrected chi connectivity index (χ1v) is 4.16. The summed E-state index contributed by atoms with van der Waals surface area (Å²) >= 11 is 0. The van der Waals surface area contributed by atoms with E-state index in [1.165, 1.54) is 5.57 Å². The fraction of sp³-hybridized carbons (Fsp3) is 0.400. The minimum Gasteiger partial charge on any atom is -0.330 e. The molecule has 1 aliphatic rings. The zero-order valence-corrected chi connectivity index (χ0v) is 6.79. The Morgan fingerprint density at radius 2 is 2.36 bits per heavy atom. The summed E-state index contributed by atoms with van der Waals surface area (Å²) in [5.41, 5.74) is 6.80. The maximum Gasteiger partial charge on any atom is -0.00743 e. The topological polar surface area (TPSA) is 26.0 Å². The Morgan fingerprint density at radius 1 is 1.45 bits per heavy atom. The molecule has 0 aliphatic heterocycles. The maximum absolute atomic E-state index is 5.38. The van der Waals surface area contributed by atoms with Gasteiger partial charge < -0.3 is 5.73 Å². The second kappa shape index (κ2) is 4.91. The van der Waals surface area contributed by atoms with Gasteiger partial charge in [-0.1, -0.05) is 30.4 Å². The lowest BCUT2D eigenvalue weighted by atomic mass is 10.1. The van der Waals surface area contributed by atoms with Gasteiger partial charge in [-0.25, -0.2) is 0 Å². The number of rotatable bonds is 3. The molecule has 0 aromatic heterocycles. The lowest BCUT2D eigenvalue weighted by Gasteiger charge is -2.00. The molecule has 0 amide bonds. The third-order valence-corrected chi connectivity index (χ3v) is 1.73. The second-order valence-electron chi connectivity index (χ2n) is 2.70. The summed E-state index contributed by atoms with van der Waals surface area (Å²) in [6, 6.07) is 0. The molecule has 60 valence electrons. The van der Waals surface area contributed by atoms with Crippen LogP contribution in [0.15, 0.2) is 36.0 Å². The first-order chi connectivity index (χ1) is 5.43. The molecule has 0 fully saturated rings. The van der Waals surface area contributed by atoms with Crippen molar-refractivity contribution in [2.75, 3.05) is 6.54 Å². The van der Waals surface area contributed by atoms with Crippen LogP contribution in [0.5, 0.6) is 0 Å². The molecular formula is C10H15N. The van der Waals surface area contributed by atoms with Crippen LogP contribution in [-0.4, -0.2) is 6.54 Å². The summed E-state index contributed by atoms with van der Waals surface area (Å²) in [6.45, 7) is 0.795. The summed E-state index contributed by atoms with van der Waals surface area (Å²) < 4.78 is 0. The van der Waals surface area contributed by atoms with Gasteiger partial charge in [0.2, 0.25) is 0 Å². The summed E-state index contributed by atoms with van der Waals surface area (Å²) in [5.74, 6) is 0. The molecule has 0 heterocycles. The van der Waals surface area contributed by atoms with Gasteiger partial charge in [0, 0.05) is 0 Å². The fourth-order valence-corrected chi connectivity index (χ4v) is 1.09. The van der Waals surface area contributed by atoms with E-state index >= 15 is 0 Å². The van der Waals surface area contributed by atoms with Crippen LogP contribution in [0.4, 0.5) is 0 Å². The van der Waals surface area contributed by atoms with Gasteiger partial charge in [-0.2, -0.15) is 0 Å². The molecule has 0 atom stereocenters. The van der Waals surface area contributed by atoms with Crippen molar-refractivity contribution >= 4 is 0 Å². The molecule has 1 rings (SSSR count). The summed E-state index contributed by atoms with van der Waals surface area (Å²) in [6.07, 6.45) is 14.1. The van der Waals surface area contributed by atoms with E-state index in [1.54, 1.807) is 0 Å². The largest absolute Gasteiger partial charge is 0.330 e. The van der Waals surface area contributed by atoms with E-state index in [0.29, 0.717) is 0 Å². The molecule has 0 aromatic carbocycles. The Labute approximate surface area is 68.3 Å². The fourth-order valence-electron chi connectivity index (χ4n) is 1.09. The van der Waals surface area contributed by atoms with Crippen molar-refractivity contribution in [2.45, 2.75) is 19.3 Å². The molecule has 1 aliphatic carbocycles. The van der Waals surface area contributed by atoms with Crippen LogP contribution in [0, 0.1) is 0 Å². The Balaban J connectivity index is 2.29. The van der Waals surface area contributed by atoms with Crippen LogP contribution in [0.25, 0.3) is 0 Å². The van der Waals surface area contributed by atoms with Crippen molar-refractivity contribution in [3.05, 3.63) is 36.0 Å². The molecule has 1 heteroatoms. The zero-order valence-electron chi connectivity index (χ0n) is 6.79. The molecule has 0 radical (unpaired) electrons. The van der Waals surface area contributed by atoms with Crippen LogP contribution in [0.2, 0.25) is 0 Å². The highest BCUT2D eigenvalue weighted by atomic mass is 14.5. The minimum atomic E-state index is 0.795. The molecule has 0 bridgehead atoms. The SMILES string of the molecule is NCCCC=C1C=CC=CC1. The first-order valence-electron chi connectivity index (χ1n) is 4.16. The molecule has 0 saturated carbocycles. The lowest BCUT2D eigenvalue weighted by molar-refractivity contribution is 0.850. The summed E-state index contributed by atoms with van der Waals surface area (Å²) in [4.78, 5) is 0. The number of hydrogen-bond acceptors (Lipinski definition) is 1. The van der Waals surface area contributed by atoms with Crippen molar-refractivity contribution in [1.82, 2.24) is 0 Å². The van der Waals surface area contributed by atoms with Crippen molar-refractivity contribution in [3.8, 4) is 0 Å². The Hall–Kier alpha value is -0.820. The van der Waals surface area contributed by atoms with Gasteiger partial charge in [-0.15, -0.1) is 0 Å². The van der Waals surface area contributed by atoms with Crippen LogP contribution in [0.1, 0.15) is 19.3 Å². The highest BCUT2D eigenvalue weighted by Gasteiger charge is 1.91. The molecule has 2 N–H and O–H groups in total. The van der Waals surface area contributed by atoms with Gasteiger partial charge in [0.1, 0.15) is 0 Å². The van der Waals surface area contributed by atoms with E-state index in [9.17, 15) is 0 Å². The van der Waals surface area contributed by atoms with E-state index in [0.717, 1.165) is 25.8 Å². The molecular weight excluding hydrogens is 134 g/mol. The van der Waals surface area contributed by atoms with Crippen molar-refractivity contribution in [3.63, 3.8) is 0 Å². The second-order valence-corrected chi connectivity index (χ2v) is 2.70. The van der Waals surface area contributed by atoms with Gasteiger partial charge in [-0.3, -0.25) is 0 Å². The molecule has 0 spiro atoms. The number of hydrogen-bond donors (Lipinski definition) is 1. The van der Waals surface area contributed by atoms with Gasteiger partial charge in [-0.05, 0) is 31.4 Å². The third-order valence-electron chi connectivity index (χ3n) is 1.73. The average Bonchev–Trinajstić information content (AvgIpc) is 2.07. The van der Waals surface area contributed by atoms with Crippen molar-refractivity contribution in [2.24, 2.45) is 5.73 Å². The summed E-state index contributed by atoms with van der Waals surface area (Å²) in [5, 5.41) is 0. The van der Waals surface area contributed by atoms with Crippen LogP contribution >= 0.6 is 0 Å². The number of unbranched alkanes of at least 4 members (excludes halogenated alkanes) is 1. The van der Waals surface area contributed by atoms with Crippen molar-refractivity contribution < 1.29 is 0 Å². The normalized spacial score (nSPS) is 19.5. The first kappa shape index (κ1) is 8.28. The van der Waals surface area contributed by atoms with E-state index in [2.05, 4.69) is 30.4 Å². The van der Waals surface area contributed by atoms with E-state index < -0.39 is 0 Å². The van der Waals surface area contributed by atoms with Gasteiger partial charge in [0.05, 0.1) is 0 Å². The van der Waals surface area contributed by atoms with E-state index in [-0.39, 0.29) is 0 Å². The predicted octanol–water partition coefficient (Wildman–Crippen LogP) is 2.17. The Bertz CT molecular complexity index is 187. The van der Waals surface area contributed by atoms with Crippen LogP contribution in [0.3, 0.4) is 0 Å². The monoisotopic (exact) mass is 149 g/mol. The standard InChI is InChI=1S/C10H15N/c11-9-5-4-8-10-6-2-1-3-7-10/h1-3,6,8H,4-5,7,9,11H2. The molecule has 11 heavy (non-hydrogen) atoms. The van der Waals surface area contributed by atoms with Gasteiger partial charge >= 0.3 is 0 Å². The maximum atomic E-state index is 5.38. The Morgan fingerprint density at radius 3 is 3.00 bits per heavy atom. The van der Waals surface area contributed by atoms with E-state index in [4.69, 9.17) is 5.73 Å². The Kier molecular flexibility index (Phi) is 3.70. The van der Waals surface area contributed by atoms with Gasteiger partial charge in [0.25, 0.3) is 0 Å². The smallest absolute Gasteiger partial charge is 0.00743 e. The molecule has 0 saturated heterocycles. The third kappa shape index (κ3) is 3.19. The molecule has 0 aromatic rings. The highest BCUT2D eigenvalue weighted by Crippen LogP contribution is 2.10. The molecule has 1 nitrogen and oxygen atoms in total. The average molecular weight is 149 g/mol. The zero-order chi connectivity index (χ0) is 7.94. The predicted molar refractivity (Wildman–Crippen MR) is 49.3 cm³/mol. The van der Waals surface area contributed by atoms with E-state index in [1.807, 2.05) is 0 Å². The lowest BCUT2D eigenvalue weighted by Crippen LogP contribution is -1.96.